The Bertz CT molecular complexity index is 695. The van der Waals surface area contributed by atoms with Gasteiger partial charge in [0.05, 0.1) is 12.1 Å². The number of nitrogens with two attached hydrogens (primary N) is 1. The third kappa shape index (κ3) is 5.13. The lowest BCUT2D eigenvalue weighted by Crippen LogP contribution is -3.00. The molecule has 0 spiro atoms. The molecule has 2 aromatic rings. The van der Waals surface area contributed by atoms with E-state index in [1.54, 1.807) is 12.1 Å². The highest BCUT2D eigenvalue weighted by molar-refractivity contribution is 6.35. The molecule has 0 saturated carbocycles. The van der Waals surface area contributed by atoms with Crippen LogP contribution in [0.4, 0.5) is 5.82 Å². The summed E-state index contributed by atoms with van der Waals surface area (Å²) in [6.45, 7) is 1.35. The molecule has 4 N–H and O–H groups in total. The monoisotopic (exact) mass is 394 g/mol. The van der Waals surface area contributed by atoms with Crippen LogP contribution in [0.5, 0.6) is 5.75 Å². The maximum Gasteiger partial charge on any atom is 0.277 e. The van der Waals surface area contributed by atoms with Gasteiger partial charge >= 0.3 is 0 Å². The molecule has 0 aliphatic heterocycles. The van der Waals surface area contributed by atoms with Gasteiger partial charge in [-0.25, -0.2) is 4.63 Å². The Labute approximate surface area is 154 Å². The number of nitrogens with one attached hydrogen (secondary N) is 2. The van der Waals surface area contributed by atoms with Gasteiger partial charge in [0.2, 0.25) is 11.5 Å². The molecule has 0 bridgehead atoms. The van der Waals surface area contributed by atoms with Crippen LogP contribution >= 0.6 is 23.2 Å². The highest BCUT2D eigenvalue weighted by Crippen LogP contribution is 2.31. The number of anilines is 1. The van der Waals surface area contributed by atoms with Crippen LogP contribution in [0.3, 0.4) is 0 Å². The summed E-state index contributed by atoms with van der Waals surface area (Å²) < 4.78 is 9.61. The van der Waals surface area contributed by atoms with Gasteiger partial charge < -0.3 is 33.5 Å². The summed E-state index contributed by atoms with van der Waals surface area (Å²) in [5.41, 5.74) is 6.21. The zero-order valence-corrected chi connectivity index (χ0v) is 14.9. The van der Waals surface area contributed by atoms with Crippen LogP contribution in [0.2, 0.25) is 10.0 Å². The van der Waals surface area contributed by atoms with Crippen molar-refractivity contribution in [3.63, 3.8) is 0 Å². The molecular formula is C13H15Cl3N5O3-. The van der Waals surface area contributed by atoms with Gasteiger partial charge in [0.1, 0.15) is 5.75 Å². The molecule has 1 heterocycles. The Morgan fingerprint density at radius 1 is 1.33 bits per heavy atom. The quantitative estimate of drug-likeness (QED) is 0.488. The number of hydrogen-bond donors (Lipinski definition) is 3. The van der Waals surface area contributed by atoms with Crippen LogP contribution in [0, 0.1) is 0 Å². The lowest BCUT2D eigenvalue weighted by Gasteiger charge is -2.12. The first kappa shape index (κ1) is 20.3. The molecule has 0 unspecified atom stereocenters. The van der Waals surface area contributed by atoms with Crippen molar-refractivity contribution in [3.8, 4) is 5.75 Å². The van der Waals surface area contributed by atoms with Crippen molar-refractivity contribution in [1.82, 2.24) is 20.9 Å². The van der Waals surface area contributed by atoms with Gasteiger partial charge in [0, 0.05) is 30.2 Å². The second-order valence-corrected chi connectivity index (χ2v) is 5.35. The van der Waals surface area contributed by atoms with E-state index in [1.807, 2.05) is 0 Å². The summed E-state index contributed by atoms with van der Waals surface area (Å²) in [4.78, 5) is 11.7. The second kappa shape index (κ2) is 9.53. The maximum atomic E-state index is 11.7. The average molecular weight is 396 g/mol. The molecule has 0 aliphatic carbocycles. The van der Waals surface area contributed by atoms with Gasteiger partial charge in [0.25, 0.3) is 5.91 Å². The van der Waals surface area contributed by atoms with Crippen LogP contribution in [0.15, 0.2) is 16.8 Å². The van der Waals surface area contributed by atoms with Gasteiger partial charge in [-0.05, 0) is 22.4 Å². The molecule has 2 rings (SSSR count). The van der Waals surface area contributed by atoms with Crippen LogP contribution in [0.25, 0.3) is 0 Å². The number of hydrogen-bond acceptors (Lipinski definition) is 7. The minimum Gasteiger partial charge on any atom is -1.00 e. The van der Waals surface area contributed by atoms with E-state index in [1.165, 1.54) is 7.11 Å². The summed E-state index contributed by atoms with van der Waals surface area (Å²) in [5, 5.41) is 13.5. The third-order valence-corrected chi connectivity index (χ3v) is 3.42. The van der Waals surface area contributed by atoms with Gasteiger partial charge in [-0.15, -0.1) is 0 Å². The molecule has 8 nitrogen and oxygen atoms in total. The van der Waals surface area contributed by atoms with Crippen molar-refractivity contribution in [2.75, 3.05) is 25.9 Å². The zero-order chi connectivity index (χ0) is 16.8. The molecular weight excluding hydrogens is 381 g/mol. The van der Waals surface area contributed by atoms with E-state index in [4.69, 9.17) is 33.7 Å². The topological polar surface area (TPSA) is 115 Å². The fourth-order valence-corrected chi connectivity index (χ4v) is 2.51. The number of amides is 1. The van der Waals surface area contributed by atoms with E-state index in [-0.39, 0.29) is 23.9 Å². The molecule has 1 aromatic heterocycles. The molecule has 24 heavy (non-hydrogen) atoms. The Kier molecular flexibility index (Phi) is 8.06. The van der Waals surface area contributed by atoms with Crippen LogP contribution in [-0.4, -0.2) is 36.4 Å². The predicted molar refractivity (Wildman–Crippen MR) is 85.8 cm³/mol. The first-order chi connectivity index (χ1) is 11.0. The van der Waals surface area contributed by atoms with Crippen molar-refractivity contribution in [2.24, 2.45) is 0 Å². The SMILES string of the molecule is COc1c(Cl)cc(Cl)cc1CNCCNC(=O)c1nonc1N.[Cl-]. The van der Waals surface area contributed by atoms with Crippen molar-refractivity contribution >= 4 is 34.9 Å². The zero-order valence-electron chi connectivity index (χ0n) is 12.6. The summed E-state index contributed by atoms with van der Waals surface area (Å²) in [6, 6.07) is 3.38. The second-order valence-electron chi connectivity index (χ2n) is 4.51. The smallest absolute Gasteiger partial charge is 0.277 e. The minimum absolute atomic E-state index is 0. The van der Waals surface area contributed by atoms with E-state index in [0.29, 0.717) is 35.4 Å². The van der Waals surface area contributed by atoms with Gasteiger partial charge in [-0.1, -0.05) is 23.2 Å². The number of ether oxygens (including phenoxy) is 1. The van der Waals surface area contributed by atoms with E-state index in [0.717, 1.165) is 5.56 Å². The molecule has 0 radical (unpaired) electrons. The van der Waals surface area contributed by atoms with Gasteiger partial charge in [0.15, 0.2) is 0 Å². The number of nitrogen functional groups attached to an aromatic ring is 1. The maximum absolute atomic E-state index is 11.7. The Balaban J connectivity index is 0.00000288. The Morgan fingerprint density at radius 2 is 2.08 bits per heavy atom. The molecule has 132 valence electrons. The normalized spacial score (nSPS) is 10.1. The van der Waals surface area contributed by atoms with Crippen LogP contribution in [-0.2, 0) is 6.54 Å². The van der Waals surface area contributed by atoms with E-state index in [2.05, 4.69) is 25.6 Å². The number of aromatic nitrogens is 2. The van der Waals surface area contributed by atoms with Gasteiger partial charge in [-0.2, -0.15) is 0 Å². The van der Waals surface area contributed by atoms with E-state index >= 15 is 0 Å². The highest BCUT2D eigenvalue weighted by atomic mass is 35.5. The summed E-state index contributed by atoms with van der Waals surface area (Å²) in [6.07, 6.45) is 0. The fraction of sp³-hybridized carbons (Fsp3) is 0.308. The highest BCUT2D eigenvalue weighted by Gasteiger charge is 2.15. The Morgan fingerprint density at radius 3 is 2.71 bits per heavy atom. The molecule has 0 atom stereocenters. The first-order valence-electron chi connectivity index (χ1n) is 6.61. The largest absolute Gasteiger partial charge is 1.00 e. The third-order valence-electron chi connectivity index (χ3n) is 2.92. The van der Waals surface area contributed by atoms with Crippen molar-refractivity contribution in [3.05, 3.63) is 33.4 Å². The number of methoxy groups -OCH3 is 1. The molecule has 0 fully saturated rings. The minimum atomic E-state index is -0.450. The lowest BCUT2D eigenvalue weighted by atomic mass is 10.2. The standard InChI is InChI=1S/C13H15Cl2N5O3.ClH/c1-22-11-7(4-8(14)5-9(11)15)6-17-2-3-18-13(21)10-12(16)20-23-19-10;/h4-5,17H,2-3,6H2,1H3,(H2,16,20)(H,18,21);1H/p-1. The van der Waals surface area contributed by atoms with E-state index < -0.39 is 5.91 Å². The van der Waals surface area contributed by atoms with Crippen LogP contribution in [0.1, 0.15) is 16.1 Å². The number of halogens is 3. The number of carbonyl (C=O) groups excluding carboxylic acids is 1. The van der Waals surface area contributed by atoms with Crippen molar-refractivity contribution < 1.29 is 26.6 Å². The van der Waals surface area contributed by atoms with E-state index in [9.17, 15) is 4.79 Å². The molecule has 0 aliphatic rings. The summed E-state index contributed by atoms with van der Waals surface area (Å²) in [5.74, 6) is 0.0664. The molecule has 0 saturated heterocycles. The summed E-state index contributed by atoms with van der Waals surface area (Å²) in [7, 11) is 1.54. The van der Waals surface area contributed by atoms with Crippen LogP contribution < -0.4 is 33.5 Å². The number of benzene rings is 1. The Hall–Kier alpha value is -1.74. The number of carbonyl (C=O) groups is 1. The predicted octanol–water partition coefficient (Wildman–Crippen LogP) is -1.51. The lowest BCUT2D eigenvalue weighted by molar-refractivity contribution is -0.0000137. The average Bonchev–Trinajstić information content (AvgIpc) is 2.92. The number of nitrogens with zero attached hydrogens (tertiary/aromatic N) is 2. The fourth-order valence-electron chi connectivity index (χ4n) is 1.90. The molecule has 11 heteroatoms. The van der Waals surface area contributed by atoms with Crippen molar-refractivity contribution in [2.45, 2.75) is 6.54 Å². The first-order valence-corrected chi connectivity index (χ1v) is 7.37. The molecule has 1 aromatic carbocycles. The number of rotatable bonds is 7. The summed E-state index contributed by atoms with van der Waals surface area (Å²) >= 11 is 12.0. The molecule has 1 amide bonds. The van der Waals surface area contributed by atoms with Crippen molar-refractivity contribution in [1.29, 1.82) is 0 Å². The van der Waals surface area contributed by atoms with Gasteiger partial charge in [-0.3, -0.25) is 4.79 Å².